The van der Waals surface area contributed by atoms with Crippen LogP contribution in [0.1, 0.15) is 13.8 Å². The van der Waals surface area contributed by atoms with Crippen LogP contribution in [0.15, 0.2) is 36.5 Å². The normalized spacial score (nSPS) is 10.5. The second kappa shape index (κ2) is 7.04. The molecular weight excluding hydrogens is 304 g/mol. The van der Waals surface area contributed by atoms with Crippen LogP contribution in [0.4, 0.5) is 19.4 Å². The highest BCUT2D eigenvalue weighted by atomic mass is 19.2. The van der Waals surface area contributed by atoms with Crippen LogP contribution in [0.3, 0.4) is 0 Å². The van der Waals surface area contributed by atoms with Gasteiger partial charge >= 0.3 is 6.03 Å². The number of urea groups is 1. The molecule has 122 valence electrons. The Kier molecular flexibility index (Phi) is 5.10. The molecule has 2 amide bonds. The van der Waals surface area contributed by atoms with Crippen molar-refractivity contribution in [1.82, 2.24) is 9.88 Å². The first-order valence-corrected chi connectivity index (χ1v) is 6.99. The maximum Gasteiger partial charge on any atom is 0.322 e. The van der Waals surface area contributed by atoms with E-state index in [1.807, 2.05) is 13.8 Å². The highest BCUT2D eigenvalue weighted by molar-refractivity contribution is 5.88. The van der Waals surface area contributed by atoms with Gasteiger partial charge in [-0.3, -0.25) is 5.32 Å². The average molecular weight is 321 g/mol. The number of hydrogen-bond acceptors (Lipinski definition) is 3. The molecule has 0 radical (unpaired) electrons. The van der Waals surface area contributed by atoms with Crippen molar-refractivity contribution in [2.24, 2.45) is 0 Å². The first-order chi connectivity index (χ1) is 10.9. The van der Waals surface area contributed by atoms with Crippen LogP contribution in [0.2, 0.25) is 0 Å². The van der Waals surface area contributed by atoms with Crippen molar-refractivity contribution in [3.8, 4) is 11.5 Å². The minimum absolute atomic E-state index is 0.0611. The summed E-state index contributed by atoms with van der Waals surface area (Å²) in [6.07, 6.45) is 1.38. The van der Waals surface area contributed by atoms with Crippen LogP contribution in [0.5, 0.6) is 11.5 Å². The van der Waals surface area contributed by atoms with Crippen molar-refractivity contribution in [3.05, 3.63) is 48.2 Å². The SMILES string of the molecule is CC(C)N(C)C(=O)Nc1ccc(Oc2ccc(F)c(F)c2)cn1. The summed E-state index contributed by atoms with van der Waals surface area (Å²) in [6.45, 7) is 3.79. The van der Waals surface area contributed by atoms with Crippen molar-refractivity contribution in [3.63, 3.8) is 0 Å². The third-order valence-electron chi connectivity index (χ3n) is 3.19. The molecule has 7 heteroatoms. The molecule has 2 rings (SSSR count). The summed E-state index contributed by atoms with van der Waals surface area (Å²) in [6, 6.07) is 6.15. The molecule has 23 heavy (non-hydrogen) atoms. The fourth-order valence-electron chi connectivity index (χ4n) is 1.62. The van der Waals surface area contributed by atoms with Gasteiger partial charge in [0.15, 0.2) is 11.6 Å². The second-order valence-electron chi connectivity index (χ2n) is 5.19. The van der Waals surface area contributed by atoms with E-state index in [1.165, 1.54) is 17.2 Å². The fraction of sp³-hybridized carbons (Fsp3) is 0.250. The molecule has 2 aromatic rings. The Balaban J connectivity index is 2.02. The van der Waals surface area contributed by atoms with Crippen molar-refractivity contribution in [2.75, 3.05) is 12.4 Å². The van der Waals surface area contributed by atoms with Gasteiger partial charge in [0.05, 0.1) is 6.20 Å². The predicted molar refractivity (Wildman–Crippen MR) is 82.6 cm³/mol. The summed E-state index contributed by atoms with van der Waals surface area (Å²) in [7, 11) is 1.68. The maximum atomic E-state index is 13.1. The first kappa shape index (κ1) is 16.7. The van der Waals surface area contributed by atoms with Crippen LogP contribution in [0, 0.1) is 11.6 Å². The van der Waals surface area contributed by atoms with Gasteiger partial charge in [0, 0.05) is 19.2 Å². The molecular formula is C16H17F2N3O2. The van der Waals surface area contributed by atoms with Gasteiger partial charge in [-0.05, 0) is 38.1 Å². The van der Waals surface area contributed by atoms with Crippen molar-refractivity contribution in [1.29, 1.82) is 0 Å². The smallest absolute Gasteiger partial charge is 0.322 e. The molecule has 0 bridgehead atoms. The van der Waals surface area contributed by atoms with Crippen LogP contribution < -0.4 is 10.1 Å². The Labute approximate surface area is 132 Å². The molecule has 0 saturated carbocycles. The lowest BCUT2D eigenvalue weighted by molar-refractivity contribution is 0.211. The molecule has 0 fully saturated rings. The lowest BCUT2D eigenvalue weighted by atomic mass is 10.3. The standard InChI is InChI=1S/C16H17F2N3O2/c1-10(2)21(3)16(22)20-15-7-5-12(9-19-15)23-11-4-6-13(17)14(18)8-11/h4-10H,1-3H3,(H,19,20,22). The molecule has 0 saturated heterocycles. The Morgan fingerprint density at radius 1 is 1.17 bits per heavy atom. The van der Waals surface area contributed by atoms with Gasteiger partial charge in [0.2, 0.25) is 0 Å². The molecule has 0 unspecified atom stereocenters. The predicted octanol–water partition coefficient (Wildman–Crippen LogP) is 4.02. The van der Waals surface area contributed by atoms with E-state index < -0.39 is 11.6 Å². The monoisotopic (exact) mass is 321 g/mol. The van der Waals surface area contributed by atoms with Gasteiger partial charge in [-0.2, -0.15) is 0 Å². The van der Waals surface area contributed by atoms with E-state index in [2.05, 4.69) is 10.3 Å². The zero-order valence-electron chi connectivity index (χ0n) is 13.0. The molecule has 1 N–H and O–H groups in total. The number of nitrogens with zero attached hydrogens (tertiary/aromatic N) is 2. The molecule has 0 spiro atoms. The van der Waals surface area contributed by atoms with Crippen molar-refractivity contribution in [2.45, 2.75) is 19.9 Å². The second-order valence-corrected chi connectivity index (χ2v) is 5.19. The van der Waals surface area contributed by atoms with E-state index in [1.54, 1.807) is 19.2 Å². The van der Waals surface area contributed by atoms with E-state index in [9.17, 15) is 13.6 Å². The van der Waals surface area contributed by atoms with Gasteiger partial charge in [-0.25, -0.2) is 18.6 Å². The Morgan fingerprint density at radius 3 is 2.43 bits per heavy atom. The van der Waals surface area contributed by atoms with Gasteiger partial charge in [-0.15, -0.1) is 0 Å². The van der Waals surface area contributed by atoms with E-state index in [0.717, 1.165) is 12.1 Å². The Bertz CT molecular complexity index is 690. The minimum Gasteiger partial charge on any atom is -0.456 e. The van der Waals surface area contributed by atoms with Gasteiger partial charge < -0.3 is 9.64 Å². The highest BCUT2D eigenvalue weighted by Crippen LogP contribution is 2.23. The Hall–Kier alpha value is -2.70. The fourth-order valence-corrected chi connectivity index (χ4v) is 1.62. The van der Waals surface area contributed by atoms with Gasteiger partial charge in [0.1, 0.15) is 17.3 Å². The maximum absolute atomic E-state index is 13.1. The lowest BCUT2D eigenvalue weighted by Crippen LogP contribution is -2.36. The quantitative estimate of drug-likeness (QED) is 0.925. The van der Waals surface area contributed by atoms with Crippen LogP contribution in [-0.2, 0) is 0 Å². The summed E-state index contributed by atoms with van der Waals surface area (Å²) in [5.74, 6) is -1.08. The lowest BCUT2D eigenvalue weighted by Gasteiger charge is -2.21. The van der Waals surface area contributed by atoms with E-state index in [4.69, 9.17) is 4.74 Å². The molecule has 0 atom stereocenters. The number of halogens is 2. The van der Waals surface area contributed by atoms with Gasteiger partial charge in [-0.1, -0.05) is 0 Å². The number of aromatic nitrogens is 1. The first-order valence-electron chi connectivity index (χ1n) is 6.99. The largest absolute Gasteiger partial charge is 0.456 e. The van der Waals surface area contributed by atoms with E-state index in [-0.39, 0.29) is 17.8 Å². The number of carbonyl (C=O) groups is 1. The summed E-state index contributed by atoms with van der Waals surface area (Å²) < 4.78 is 31.3. The third-order valence-corrected chi connectivity index (χ3v) is 3.19. The van der Waals surface area contributed by atoms with Crippen molar-refractivity contribution < 1.29 is 18.3 Å². The number of ether oxygens (including phenoxy) is 1. The summed E-state index contributed by atoms with van der Waals surface area (Å²) in [4.78, 5) is 17.4. The highest BCUT2D eigenvalue weighted by Gasteiger charge is 2.12. The van der Waals surface area contributed by atoms with E-state index in [0.29, 0.717) is 11.6 Å². The molecule has 1 aromatic heterocycles. The summed E-state index contributed by atoms with van der Waals surface area (Å²) in [5, 5.41) is 2.64. The van der Waals surface area contributed by atoms with Gasteiger partial charge in [0.25, 0.3) is 0 Å². The molecule has 0 aliphatic carbocycles. The number of amides is 2. The topological polar surface area (TPSA) is 54.5 Å². The summed E-state index contributed by atoms with van der Waals surface area (Å²) >= 11 is 0. The van der Waals surface area contributed by atoms with E-state index >= 15 is 0 Å². The van der Waals surface area contributed by atoms with Crippen LogP contribution in [-0.4, -0.2) is 29.0 Å². The number of nitrogens with one attached hydrogen (secondary N) is 1. The number of carbonyl (C=O) groups excluding carboxylic acids is 1. The molecule has 1 heterocycles. The van der Waals surface area contributed by atoms with Crippen LogP contribution in [0.25, 0.3) is 0 Å². The van der Waals surface area contributed by atoms with Crippen molar-refractivity contribution >= 4 is 11.8 Å². The zero-order chi connectivity index (χ0) is 17.0. The molecule has 5 nitrogen and oxygen atoms in total. The Morgan fingerprint density at radius 2 is 1.87 bits per heavy atom. The summed E-state index contributed by atoms with van der Waals surface area (Å²) in [5.41, 5.74) is 0. The molecule has 0 aliphatic rings. The number of rotatable bonds is 4. The zero-order valence-corrected chi connectivity index (χ0v) is 13.0. The third kappa shape index (κ3) is 4.38. The van der Waals surface area contributed by atoms with Crippen LogP contribution >= 0.6 is 0 Å². The number of pyridine rings is 1. The minimum atomic E-state index is -0.990. The number of anilines is 1. The number of benzene rings is 1. The molecule has 0 aliphatic heterocycles. The number of hydrogen-bond donors (Lipinski definition) is 1. The average Bonchev–Trinajstić information content (AvgIpc) is 2.52. The molecule has 1 aromatic carbocycles.